The molecular formula is C19H21ClN8O2. The van der Waals surface area contributed by atoms with Crippen LogP contribution < -0.4 is 15.7 Å². The first-order valence-corrected chi connectivity index (χ1v) is 9.80. The molecule has 0 aliphatic carbocycles. The van der Waals surface area contributed by atoms with Gasteiger partial charge in [-0.1, -0.05) is 17.7 Å². The predicted octanol–water partition coefficient (Wildman–Crippen LogP) is 2.95. The second-order valence-corrected chi connectivity index (χ2v) is 7.19. The van der Waals surface area contributed by atoms with Crippen LogP contribution in [0.5, 0.6) is 0 Å². The van der Waals surface area contributed by atoms with Crippen molar-refractivity contribution in [2.24, 2.45) is 0 Å². The first-order valence-electron chi connectivity index (χ1n) is 9.42. The summed E-state index contributed by atoms with van der Waals surface area (Å²) in [7, 11) is 1.99. The van der Waals surface area contributed by atoms with Crippen molar-refractivity contribution >= 4 is 34.6 Å². The van der Waals surface area contributed by atoms with E-state index < -0.39 is 5.91 Å². The monoisotopic (exact) mass is 428 g/mol. The van der Waals surface area contributed by atoms with Crippen molar-refractivity contribution in [1.82, 2.24) is 30.4 Å². The molecule has 30 heavy (non-hydrogen) atoms. The van der Waals surface area contributed by atoms with Gasteiger partial charge in [0.2, 0.25) is 0 Å². The molecule has 0 fully saturated rings. The van der Waals surface area contributed by atoms with Gasteiger partial charge < -0.3 is 10.2 Å². The highest BCUT2D eigenvalue weighted by Gasteiger charge is 2.31. The topological polar surface area (TPSA) is 110 Å². The fraction of sp³-hybridized carbons (Fsp3) is 0.316. The number of aromatic nitrogens is 5. The number of hydrogen-bond donors (Lipinski definition) is 2. The fourth-order valence-electron chi connectivity index (χ4n) is 3.38. The van der Waals surface area contributed by atoms with E-state index in [9.17, 15) is 4.79 Å². The normalized spacial score (nSPS) is 14.8. The molecule has 4 rings (SSSR count). The Morgan fingerprint density at radius 2 is 2.10 bits per heavy atom. The summed E-state index contributed by atoms with van der Waals surface area (Å²) in [4.78, 5) is 24.1. The summed E-state index contributed by atoms with van der Waals surface area (Å²) in [6.07, 6.45) is 0. The first-order chi connectivity index (χ1) is 14.4. The summed E-state index contributed by atoms with van der Waals surface area (Å²) in [5, 5.41) is 15.7. The smallest absolute Gasteiger partial charge is 0.297 e. The van der Waals surface area contributed by atoms with Crippen molar-refractivity contribution in [2.75, 3.05) is 23.9 Å². The summed E-state index contributed by atoms with van der Waals surface area (Å²) >= 11 is 6.05. The summed E-state index contributed by atoms with van der Waals surface area (Å²) in [6.45, 7) is 6.02. The Morgan fingerprint density at radius 3 is 2.87 bits per heavy atom. The molecule has 3 heterocycles. The molecule has 1 unspecified atom stereocenters. The van der Waals surface area contributed by atoms with Gasteiger partial charge in [0.05, 0.1) is 35.4 Å². The van der Waals surface area contributed by atoms with E-state index >= 15 is 0 Å². The lowest BCUT2D eigenvalue weighted by Crippen LogP contribution is -2.31. The van der Waals surface area contributed by atoms with E-state index in [2.05, 4.69) is 42.9 Å². The second-order valence-electron chi connectivity index (χ2n) is 6.81. The number of halogens is 1. The van der Waals surface area contributed by atoms with Crippen molar-refractivity contribution in [3.8, 4) is 5.69 Å². The van der Waals surface area contributed by atoms with Gasteiger partial charge in [0.15, 0.2) is 16.7 Å². The van der Waals surface area contributed by atoms with Crippen molar-refractivity contribution in [1.29, 1.82) is 0 Å². The number of carbonyl (C=O) groups excluding carboxylic acids is 1. The van der Waals surface area contributed by atoms with E-state index in [0.29, 0.717) is 18.1 Å². The Labute approximate surface area is 178 Å². The van der Waals surface area contributed by atoms with Gasteiger partial charge in [-0.2, -0.15) is 5.10 Å². The molecule has 0 bridgehead atoms. The van der Waals surface area contributed by atoms with Crippen molar-refractivity contribution in [3.05, 3.63) is 46.8 Å². The van der Waals surface area contributed by atoms with Crippen LogP contribution in [0.25, 0.3) is 5.69 Å². The molecule has 1 amide bonds. The maximum atomic E-state index is 12.4. The number of para-hydroxylation sites is 1. The summed E-state index contributed by atoms with van der Waals surface area (Å²) in [5.41, 5.74) is 5.35. The van der Waals surface area contributed by atoms with Gasteiger partial charge >= 0.3 is 0 Å². The molecule has 0 saturated heterocycles. The number of carbonyl (C=O) groups is 1. The van der Waals surface area contributed by atoms with Crippen LogP contribution in [0.15, 0.2) is 24.3 Å². The Morgan fingerprint density at radius 1 is 1.30 bits per heavy atom. The number of aryl methyl sites for hydroxylation is 1. The molecule has 156 valence electrons. The Bertz CT molecular complexity index is 1120. The lowest BCUT2D eigenvalue weighted by Gasteiger charge is -2.34. The highest BCUT2D eigenvalue weighted by atomic mass is 35.5. The van der Waals surface area contributed by atoms with Crippen molar-refractivity contribution in [2.45, 2.75) is 26.8 Å². The second kappa shape index (κ2) is 7.88. The van der Waals surface area contributed by atoms with Crippen LogP contribution in [-0.4, -0.2) is 44.5 Å². The third kappa shape index (κ3) is 3.44. The number of hydroxylamine groups is 1. The number of anilines is 3. The molecule has 0 saturated carbocycles. The lowest BCUT2D eigenvalue weighted by atomic mass is 10.1. The molecule has 1 aromatic carbocycles. The fourth-order valence-corrected chi connectivity index (χ4v) is 3.53. The molecule has 2 aromatic heterocycles. The molecule has 0 spiro atoms. The molecule has 11 heteroatoms. The van der Waals surface area contributed by atoms with Crippen molar-refractivity contribution < 1.29 is 9.63 Å². The third-order valence-corrected chi connectivity index (χ3v) is 5.03. The molecular weight excluding hydrogens is 408 g/mol. The zero-order valence-corrected chi connectivity index (χ0v) is 17.7. The van der Waals surface area contributed by atoms with Gasteiger partial charge in [-0.25, -0.2) is 15.1 Å². The molecule has 1 aliphatic rings. The molecule has 0 radical (unpaired) electrons. The third-order valence-electron chi connectivity index (χ3n) is 4.85. The number of rotatable bonds is 5. The van der Waals surface area contributed by atoms with Gasteiger partial charge in [0.25, 0.3) is 5.91 Å². The van der Waals surface area contributed by atoms with Gasteiger partial charge in [-0.15, -0.1) is 10.2 Å². The van der Waals surface area contributed by atoms with Crippen LogP contribution in [0, 0.1) is 6.92 Å². The average Bonchev–Trinajstić information content (AvgIpc) is 3.12. The van der Waals surface area contributed by atoms with E-state index in [-0.39, 0.29) is 16.9 Å². The SMILES string of the molecule is CCONC(=O)c1nnc(Cl)cc1Nc1cccc2c1N(C)C(C)c1nc(C)nn1-2. The quantitative estimate of drug-likeness (QED) is 0.597. The first kappa shape index (κ1) is 20.0. The molecule has 3 aromatic rings. The maximum Gasteiger partial charge on any atom is 0.297 e. The van der Waals surface area contributed by atoms with E-state index in [1.807, 2.05) is 36.9 Å². The van der Waals surface area contributed by atoms with Gasteiger partial charge in [0.1, 0.15) is 5.82 Å². The predicted molar refractivity (Wildman–Crippen MR) is 112 cm³/mol. The van der Waals surface area contributed by atoms with Gasteiger partial charge in [0, 0.05) is 13.1 Å². The van der Waals surface area contributed by atoms with Crippen molar-refractivity contribution in [3.63, 3.8) is 0 Å². The summed E-state index contributed by atoms with van der Waals surface area (Å²) < 4.78 is 1.85. The highest BCUT2D eigenvalue weighted by Crippen LogP contribution is 2.42. The van der Waals surface area contributed by atoms with Crippen LogP contribution in [0.2, 0.25) is 5.15 Å². The molecule has 2 N–H and O–H groups in total. The largest absolute Gasteiger partial charge is 0.361 e. The number of nitrogens with one attached hydrogen (secondary N) is 2. The van der Waals surface area contributed by atoms with Crippen LogP contribution in [0.3, 0.4) is 0 Å². The highest BCUT2D eigenvalue weighted by molar-refractivity contribution is 6.29. The van der Waals surface area contributed by atoms with Crippen LogP contribution in [-0.2, 0) is 4.84 Å². The maximum absolute atomic E-state index is 12.4. The zero-order chi connectivity index (χ0) is 21.4. The van der Waals surface area contributed by atoms with E-state index in [1.165, 1.54) is 0 Å². The molecule has 1 atom stereocenters. The van der Waals surface area contributed by atoms with Crippen LogP contribution in [0.1, 0.15) is 42.0 Å². The number of benzene rings is 1. The Kier molecular flexibility index (Phi) is 5.27. The minimum Gasteiger partial charge on any atom is -0.361 e. The lowest BCUT2D eigenvalue weighted by molar-refractivity contribution is 0.0360. The van der Waals surface area contributed by atoms with E-state index in [4.69, 9.17) is 16.4 Å². The van der Waals surface area contributed by atoms with Crippen LogP contribution >= 0.6 is 11.6 Å². The minimum absolute atomic E-state index is 0.00141. The van der Waals surface area contributed by atoms with Gasteiger partial charge in [-0.3, -0.25) is 9.63 Å². The van der Waals surface area contributed by atoms with Gasteiger partial charge in [-0.05, 0) is 32.9 Å². The number of fused-ring (bicyclic) bond motifs is 3. The molecule has 10 nitrogen and oxygen atoms in total. The van der Waals surface area contributed by atoms with E-state index in [0.717, 1.165) is 22.9 Å². The average molecular weight is 429 g/mol. The summed E-state index contributed by atoms with van der Waals surface area (Å²) in [5.74, 6) is 1.05. The zero-order valence-electron chi connectivity index (χ0n) is 17.0. The Hall–Kier alpha value is -3.24. The minimum atomic E-state index is -0.524. The Balaban J connectivity index is 1.79. The number of amides is 1. The molecule has 1 aliphatic heterocycles. The van der Waals surface area contributed by atoms with Crippen LogP contribution in [0.4, 0.5) is 17.1 Å². The number of hydrogen-bond acceptors (Lipinski definition) is 8. The summed E-state index contributed by atoms with van der Waals surface area (Å²) in [6, 6.07) is 7.34. The van der Waals surface area contributed by atoms with E-state index in [1.54, 1.807) is 13.0 Å². The number of nitrogens with zero attached hydrogens (tertiary/aromatic N) is 6. The standard InChI is InChI=1S/C19H21ClN8O2/c1-5-30-26-19(29)16-13(9-15(20)23-24-16)22-12-7-6-8-14-17(12)27(4)10(2)18-21-11(3)25-28(14)18/h6-10H,5H2,1-4H3,(H,22,23)(H,26,29).